The van der Waals surface area contributed by atoms with Gasteiger partial charge < -0.3 is 9.64 Å². The van der Waals surface area contributed by atoms with E-state index in [0.717, 1.165) is 12.8 Å². The minimum Gasteiger partial charge on any atom is -0.495 e. The Balaban J connectivity index is 2.29. The Kier molecular flexibility index (Phi) is 6.23. The van der Waals surface area contributed by atoms with Crippen LogP contribution in [-0.4, -0.2) is 46.0 Å². The minimum absolute atomic E-state index is 0.00896. The maximum atomic E-state index is 12.7. The van der Waals surface area contributed by atoms with Gasteiger partial charge in [-0.15, -0.1) is 0 Å². The summed E-state index contributed by atoms with van der Waals surface area (Å²) < 4.78 is 32.6. The van der Waals surface area contributed by atoms with E-state index < -0.39 is 10.0 Å². The van der Waals surface area contributed by atoms with Crippen molar-refractivity contribution in [3.63, 3.8) is 0 Å². The number of methoxy groups -OCH3 is 1. The number of sulfonamides is 1. The molecule has 1 heterocycles. The summed E-state index contributed by atoms with van der Waals surface area (Å²) in [5.74, 6) is 0.734. The van der Waals surface area contributed by atoms with Crippen molar-refractivity contribution >= 4 is 15.9 Å². The molecule has 1 aliphatic rings. The summed E-state index contributed by atoms with van der Waals surface area (Å²) in [6.45, 7) is 5.83. The second kappa shape index (κ2) is 7.98. The van der Waals surface area contributed by atoms with Crippen molar-refractivity contribution < 1.29 is 17.9 Å². The lowest BCUT2D eigenvalue weighted by atomic mass is 9.98. The van der Waals surface area contributed by atoms with Gasteiger partial charge in [-0.1, -0.05) is 13.8 Å². The summed E-state index contributed by atoms with van der Waals surface area (Å²) in [6, 6.07) is 4.58. The molecule has 1 fully saturated rings. The van der Waals surface area contributed by atoms with Crippen molar-refractivity contribution in [2.75, 3.05) is 26.7 Å². The number of nitrogens with one attached hydrogen (secondary N) is 1. The van der Waals surface area contributed by atoms with Crippen LogP contribution in [0.2, 0.25) is 0 Å². The van der Waals surface area contributed by atoms with Crippen molar-refractivity contribution in [3.8, 4) is 5.75 Å². The Hall–Kier alpha value is -1.60. The Morgan fingerprint density at radius 2 is 2.00 bits per heavy atom. The lowest BCUT2D eigenvalue weighted by Crippen LogP contribution is -2.38. The van der Waals surface area contributed by atoms with Gasteiger partial charge in [0.25, 0.3) is 5.91 Å². The standard InChI is InChI=1S/C17H26N2O4S/c1-4-9-18-24(21,22)16-12-14(5-6-15(16)23-3)17(20)19-10-7-13(2)8-11-19/h5-6,12-13,18H,4,7-11H2,1-3H3. The molecule has 0 aliphatic carbocycles. The molecule has 1 aliphatic heterocycles. The summed E-state index contributed by atoms with van der Waals surface area (Å²) in [5.41, 5.74) is 0.377. The van der Waals surface area contributed by atoms with Crippen LogP contribution in [0.15, 0.2) is 23.1 Å². The molecule has 24 heavy (non-hydrogen) atoms. The van der Waals surface area contributed by atoms with Crippen LogP contribution < -0.4 is 9.46 Å². The maximum absolute atomic E-state index is 12.7. The van der Waals surface area contributed by atoms with Crippen molar-refractivity contribution in [3.05, 3.63) is 23.8 Å². The SMILES string of the molecule is CCCNS(=O)(=O)c1cc(C(=O)N2CCC(C)CC2)ccc1OC. The monoisotopic (exact) mass is 354 g/mol. The number of rotatable bonds is 6. The molecule has 6 nitrogen and oxygen atoms in total. The molecule has 1 aromatic rings. The topological polar surface area (TPSA) is 75.7 Å². The molecule has 0 bridgehead atoms. The zero-order chi connectivity index (χ0) is 17.7. The highest BCUT2D eigenvalue weighted by atomic mass is 32.2. The van der Waals surface area contributed by atoms with E-state index in [1.165, 1.54) is 13.2 Å². The van der Waals surface area contributed by atoms with E-state index in [1.807, 2.05) is 6.92 Å². The zero-order valence-electron chi connectivity index (χ0n) is 14.5. The van der Waals surface area contributed by atoms with Crippen molar-refractivity contribution in [1.82, 2.24) is 9.62 Å². The number of carbonyl (C=O) groups excluding carboxylic acids is 1. The molecule has 0 atom stereocenters. The molecular formula is C17H26N2O4S. The predicted octanol–water partition coefficient (Wildman–Crippen LogP) is 2.26. The van der Waals surface area contributed by atoms with Gasteiger partial charge in [-0.3, -0.25) is 4.79 Å². The van der Waals surface area contributed by atoms with E-state index >= 15 is 0 Å². The van der Waals surface area contributed by atoms with E-state index in [1.54, 1.807) is 17.0 Å². The van der Waals surface area contributed by atoms with Crippen LogP contribution in [0.1, 0.15) is 43.5 Å². The molecule has 0 radical (unpaired) electrons. The minimum atomic E-state index is -3.71. The van der Waals surface area contributed by atoms with Crippen LogP contribution in [0, 0.1) is 5.92 Å². The molecule has 0 unspecified atom stereocenters. The molecule has 0 spiro atoms. The first-order valence-electron chi connectivity index (χ1n) is 8.36. The summed E-state index contributed by atoms with van der Waals surface area (Å²) in [6.07, 6.45) is 2.64. The smallest absolute Gasteiger partial charge is 0.253 e. The van der Waals surface area contributed by atoms with Gasteiger partial charge in [0.05, 0.1) is 7.11 Å². The summed E-state index contributed by atoms with van der Waals surface area (Å²) in [5, 5.41) is 0. The molecule has 2 rings (SSSR count). The fraction of sp³-hybridized carbons (Fsp3) is 0.588. The van der Waals surface area contributed by atoms with Crippen LogP contribution in [0.5, 0.6) is 5.75 Å². The maximum Gasteiger partial charge on any atom is 0.253 e. The number of hydrogen-bond donors (Lipinski definition) is 1. The van der Waals surface area contributed by atoms with Gasteiger partial charge in [-0.05, 0) is 43.4 Å². The van der Waals surface area contributed by atoms with Crippen molar-refractivity contribution in [1.29, 1.82) is 0 Å². The first-order valence-corrected chi connectivity index (χ1v) is 9.84. The third-order valence-corrected chi connectivity index (χ3v) is 5.80. The van der Waals surface area contributed by atoms with Crippen LogP contribution in [0.4, 0.5) is 0 Å². The van der Waals surface area contributed by atoms with E-state index in [4.69, 9.17) is 4.74 Å². The van der Waals surface area contributed by atoms with Gasteiger partial charge in [0, 0.05) is 25.2 Å². The fourth-order valence-electron chi connectivity index (χ4n) is 2.73. The summed E-state index contributed by atoms with van der Waals surface area (Å²) in [7, 11) is -2.29. The number of piperidine rings is 1. The Bertz CT molecular complexity index is 680. The largest absolute Gasteiger partial charge is 0.495 e. The van der Waals surface area contributed by atoms with Crippen LogP contribution in [0.3, 0.4) is 0 Å². The molecule has 1 amide bonds. The lowest BCUT2D eigenvalue weighted by molar-refractivity contribution is 0.0697. The molecule has 1 saturated heterocycles. The predicted molar refractivity (Wildman–Crippen MR) is 92.8 cm³/mol. The van der Waals surface area contributed by atoms with E-state index in [-0.39, 0.29) is 16.6 Å². The highest BCUT2D eigenvalue weighted by Crippen LogP contribution is 2.26. The first-order chi connectivity index (χ1) is 11.4. The first kappa shape index (κ1) is 18.7. The summed E-state index contributed by atoms with van der Waals surface area (Å²) in [4.78, 5) is 14.5. The normalized spacial score (nSPS) is 16.2. The number of benzene rings is 1. The number of ether oxygens (including phenoxy) is 1. The van der Waals surface area contributed by atoms with Crippen LogP contribution in [-0.2, 0) is 10.0 Å². The van der Waals surface area contributed by atoms with E-state index in [9.17, 15) is 13.2 Å². The highest BCUT2D eigenvalue weighted by molar-refractivity contribution is 7.89. The van der Waals surface area contributed by atoms with Gasteiger partial charge in [-0.25, -0.2) is 13.1 Å². The zero-order valence-corrected chi connectivity index (χ0v) is 15.4. The average molecular weight is 354 g/mol. The number of amides is 1. The van der Waals surface area contributed by atoms with Crippen LogP contribution in [0.25, 0.3) is 0 Å². The molecule has 1 aromatic carbocycles. The number of hydrogen-bond acceptors (Lipinski definition) is 4. The van der Waals surface area contributed by atoms with Gasteiger partial charge >= 0.3 is 0 Å². The van der Waals surface area contributed by atoms with Crippen molar-refractivity contribution in [2.24, 2.45) is 5.92 Å². The number of likely N-dealkylation sites (tertiary alicyclic amines) is 1. The Morgan fingerprint density at radius 3 is 2.58 bits per heavy atom. The second-order valence-corrected chi connectivity index (χ2v) is 7.97. The Labute approximate surface area is 144 Å². The molecule has 1 N–H and O–H groups in total. The third-order valence-electron chi connectivity index (χ3n) is 4.31. The fourth-order valence-corrected chi connectivity index (χ4v) is 4.05. The molecule has 134 valence electrons. The molecular weight excluding hydrogens is 328 g/mol. The van der Waals surface area contributed by atoms with Gasteiger partial charge in [0.2, 0.25) is 10.0 Å². The number of carbonyl (C=O) groups is 1. The van der Waals surface area contributed by atoms with Gasteiger partial charge in [-0.2, -0.15) is 0 Å². The van der Waals surface area contributed by atoms with Gasteiger partial charge in [0.1, 0.15) is 10.6 Å². The quantitative estimate of drug-likeness (QED) is 0.850. The van der Waals surface area contributed by atoms with Gasteiger partial charge in [0.15, 0.2) is 0 Å². The second-order valence-electron chi connectivity index (χ2n) is 6.24. The Morgan fingerprint density at radius 1 is 1.33 bits per heavy atom. The van der Waals surface area contributed by atoms with E-state index in [2.05, 4.69) is 11.6 Å². The average Bonchev–Trinajstić information content (AvgIpc) is 2.59. The third kappa shape index (κ3) is 4.27. The summed E-state index contributed by atoms with van der Waals surface area (Å²) >= 11 is 0. The van der Waals surface area contributed by atoms with E-state index in [0.29, 0.717) is 37.5 Å². The highest BCUT2D eigenvalue weighted by Gasteiger charge is 2.25. The molecule has 7 heteroatoms. The molecule has 0 aromatic heterocycles. The van der Waals surface area contributed by atoms with Crippen LogP contribution >= 0.6 is 0 Å². The molecule has 0 saturated carbocycles. The lowest BCUT2D eigenvalue weighted by Gasteiger charge is -2.30. The number of nitrogens with zero attached hydrogens (tertiary/aromatic N) is 1. The van der Waals surface area contributed by atoms with Crippen molar-refractivity contribution in [2.45, 2.75) is 38.0 Å².